The SMILES string of the molecule is Cl.N=C(N)c1ccc(-c2cc3ccc(C(=N)N)cc3[nH]2)cc1. The highest BCUT2D eigenvalue weighted by Gasteiger charge is 2.06. The lowest BCUT2D eigenvalue weighted by Crippen LogP contribution is -2.10. The minimum Gasteiger partial charge on any atom is -0.384 e. The summed E-state index contributed by atoms with van der Waals surface area (Å²) in [6.45, 7) is 0. The highest BCUT2D eigenvalue weighted by atomic mass is 35.5. The fraction of sp³-hybridized carbons (Fsp3) is 0. The molecule has 0 aliphatic carbocycles. The molecule has 5 nitrogen and oxygen atoms in total. The monoisotopic (exact) mass is 313 g/mol. The van der Waals surface area contributed by atoms with Crippen LogP contribution in [0.25, 0.3) is 22.2 Å². The number of amidine groups is 2. The Labute approximate surface area is 133 Å². The first-order chi connectivity index (χ1) is 10.0. The molecule has 0 radical (unpaired) electrons. The Balaban J connectivity index is 0.00000176. The van der Waals surface area contributed by atoms with E-state index in [2.05, 4.69) is 4.98 Å². The zero-order valence-electron chi connectivity index (χ0n) is 11.7. The average molecular weight is 314 g/mol. The lowest BCUT2D eigenvalue weighted by atomic mass is 10.1. The van der Waals surface area contributed by atoms with Crippen molar-refractivity contribution in [2.75, 3.05) is 0 Å². The van der Waals surface area contributed by atoms with Crippen LogP contribution in [0.1, 0.15) is 11.1 Å². The number of nitrogens with two attached hydrogens (primary N) is 2. The number of halogens is 1. The van der Waals surface area contributed by atoms with Gasteiger partial charge in [0.2, 0.25) is 0 Å². The zero-order valence-corrected chi connectivity index (χ0v) is 12.5. The number of hydrogen-bond acceptors (Lipinski definition) is 2. The van der Waals surface area contributed by atoms with Gasteiger partial charge < -0.3 is 16.5 Å². The van der Waals surface area contributed by atoms with Crippen molar-refractivity contribution in [2.45, 2.75) is 0 Å². The smallest absolute Gasteiger partial charge is 0.122 e. The highest BCUT2D eigenvalue weighted by molar-refractivity contribution is 5.99. The predicted octanol–water partition coefficient (Wildman–Crippen LogP) is 2.82. The predicted molar refractivity (Wildman–Crippen MR) is 93.0 cm³/mol. The van der Waals surface area contributed by atoms with Crippen LogP contribution < -0.4 is 11.5 Å². The summed E-state index contributed by atoms with van der Waals surface area (Å²) in [6.07, 6.45) is 0. The number of H-pyrrole nitrogens is 1. The molecule has 3 rings (SSSR count). The zero-order chi connectivity index (χ0) is 15.0. The Morgan fingerprint density at radius 1 is 0.818 bits per heavy atom. The first-order valence-electron chi connectivity index (χ1n) is 6.46. The molecule has 0 aliphatic rings. The molecule has 6 heteroatoms. The van der Waals surface area contributed by atoms with E-state index in [0.717, 1.165) is 22.2 Å². The summed E-state index contributed by atoms with van der Waals surface area (Å²) in [5.41, 5.74) is 15.3. The summed E-state index contributed by atoms with van der Waals surface area (Å²) in [5, 5.41) is 15.9. The molecular weight excluding hydrogens is 298 g/mol. The molecular formula is C16H16ClN5. The molecule has 22 heavy (non-hydrogen) atoms. The normalized spacial score (nSPS) is 10.2. The highest BCUT2D eigenvalue weighted by Crippen LogP contribution is 2.25. The van der Waals surface area contributed by atoms with Crippen molar-refractivity contribution >= 4 is 35.0 Å². The number of hydrogen-bond donors (Lipinski definition) is 5. The maximum atomic E-state index is 7.48. The molecule has 1 heterocycles. The van der Waals surface area contributed by atoms with Gasteiger partial charge in [-0.1, -0.05) is 36.4 Å². The fourth-order valence-corrected chi connectivity index (χ4v) is 2.28. The second-order valence-electron chi connectivity index (χ2n) is 4.89. The van der Waals surface area contributed by atoms with Gasteiger partial charge in [0.1, 0.15) is 11.7 Å². The average Bonchev–Trinajstić information content (AvgIpc) is 2.90. The molecule has 0 saturated carbocycles. The van der Waals surface area contributed by atoms with E-state index >= 15 is 0 Å². The van der Waals surface area contributed by atoms with Crippen LogP contribution in [0.15, 0.2) is 48.5 Å². The van der Waals surface area contributed by atoms with E-state index in [1.165, 1.54) is 0 Å². The van der Waals surface area contributed by atoms with Gasteiger partial charge in [0.05, 0.1) is 0 Å². The van der Waals surface area contributed by atoms with Gasteiger partial charge in [0, 0.05) is 27.7 Å². The van der Waals surface area contributed by atoms with Crippen molar-refractivity contribution in [1.82, 2.24) is 4.98 Å². The van der Waals surface area contributed by atoms with Crippen molar-refractivity contribution in [3.63, 3.8) is 0 Å². The van der Waals surface area contributed by atoms with Crippen LogP contribution in [0.3, 0.4) is 0 Å². The summed E-state index contributed by atoms with van der Waals surface area (Å²) in [7, 11) is 0. The lowest BCUT2D eigenvalue weighted by Gasteiger charge is -2.01. The number of aromatic amines is 1. The third kappa shape index (κ3) is 2.80. The second-order valence-corrected chi connectivity index (χ2v) is 4.89. The molecule has 0 fully saturated rings. The van der Waals surface area contributed by atoms with Crippen molar-refractivity contribution < 1.29 is 0 Å². The number of benzene rings is 2. The third-order valence-corrected chi connectivity index (χ3v) is 3.44. The van der Waals surface area contributed by atoms with Crippen LogP contribution >= 0.6 is 12.4 Å². The Bertz CT molecular complexity index is 849. The maximum absolute atomic E-state index is 7.48. The van der Waals surface area contributed by atoms with Crippen molar-refractivity contribution in [1.29, 1.82) is 10.8 Å². The van der Waals surface area contributed by atoms with Gasteiger partial charge in [-0.3, -0.25) is 10.8 Å². The van der Waals surface area contributed by atoms with E-state index in [0.29, 0.717) is 11.1 Å². The molecule has 0 amide bonds. The molecule has 112 valence electrons. The van der Waals surface area contributed by atoms with E-state index < -0.39 is 0 Å². The van der Waals surface area contributed by atoms with Gasteiger partial charge in [-0.2, -0.15) is 0 Å². The third-order valence-electron chi connectivity index (χ3n) is 3.44. The van der Waals surface area contributed by atoms with Crippen LogP contribution in [0.4, 0.5) is 0 Å². The van der Waals surface area contributed by atoms with E-state index in [1.807, 2.05) is 48.5 Å². The number of nitrogen functional groups attached to an aromatic ring is 2. The number of aromatic nitrogens is 1. The molecule has 0 atom stereocenters. The largest absolute Gasteiger partial charge is 0.384 e. The molecule has 0 bridgehead atoms. The quantitative estimate of drug-likeness (QED) is 0.378. The standard InChI is InChI=1S/C16H15N5.ClH/c17-15(18)10-3-1-9(2-4-10)13-7-11-5-6-12(16(19)20)8-14(11)21-13;/h1-8,21H,(H3,17,18)(H3,19,20);1H. The van der Waals surface area contributed by atoms with E-state index in [4.69, 9.17) is 22.3 Å². The van der Waals surface area contributed by atoms with Crippen LogP contribution in [-0.4, -0.2) is 16.7 Å². The van der Waals surface area contributed by atoms with Crippen molar-refractivity contribution in [3.05, 3.63) is 59.7 Å². The molecule has 0 unspecified atom stereocenters. The van der Waals surface area contributed by atoms with Crippen LogP contribution in [-0.2, 0) is 0 Å². The molecule has 1 aromatic heterocycles. The molecule has 0 saturated heterocycles. The van der Waals surface area contributed by atoms with Gasteiger partial charge >= 0.3 is 0 Å². The van der Waals surface area contributed by atoms with Gasteiger partial charge in [-0.05, 0) is 17.7 Å². The molecule has 0 aliphatic heterocycles. The first-order valence-corrected chi connectivity index (χ1v) is 6.46. The topological polar surface area (TPSA) is 116 Å². The molecule has 0 spiro atoms. The first kappa shape index (κ1) is 15.6. The molecule has 3 aromatic rings. The van der Waals surface area contributed by atoms with E-state index in [-0.39, 0.29) is 24.1 Å². The molecule has 2 aromatic carbocycles. The van der Waals surface area contributed by atoms with Crippen LogP contribution in [0, 0.1) is 10.8 Å². The van der Waals surface area contributed by atoms with Gasteiger partial charge in [0.25, 0.3) is 0 Å². The number of nitrogens with one attached hydrogen (secondary N) is 3. The Morgan fingerprint density at radius 3 is 2.00 bits per heavy atom. The minimum absolute atomic E-state index is 0. The van der Waals surface area contributed by atoms with Crippen molar-refractivity contribution in [3.8, 4) is 11.3 Å². The van der Waals surface area contributed by atoms with Gasteiger partial charge in [0.15, 0.2) is 0 Å². The molecule has 7 N–H and O–H groups in total. The van der Waals surface area contributed by atoms with E-state index in [9.17, 15) is 0 Å². The summed E-state index contributed by atoms with van der Waals surface area (Å²) >= 11 is 0. The second kappa shape index (κ2) is 5.91. The lowest BCUT2D eigenvalue weighted by molar-refractivity contribution is 1.41. The summed E-state index contributed by atoms with van der Waals surface area (Å²) in [6, 6.07) is 15.2. The van der Waals surface area contributed by atoms with Gasteiger partial charge in [-0.25, -0.2) is 0 Å². The fourth-order valence-electron chi connectivity index (χ4n) is 2.28. The summed E-state index contributed by atoms with van der Waals surface area (Å²) in [4.78, 5) is 3.32. The Kier molecular flexibility index (Phi) is 4.19. The summed E-state index contributed by atoms with van der Waals surface area (Å²) < 4.78 is 0. The van der Waals surface area contributed by atoms with E-state index in [1.54, 1.807) is 0 Å². The van der Waals surface area contributed by atoms with Gasteiger partial charge in [-0.15, -0.1) is 12.4 Å². The van der Waals surface area contributed by atoms with Crippen LogP contribution in [0.2, 0.25) is 0 Å². The van der Waals surface area contributed by atoms with Crippen molar-refractivity contribution in [2.24, 2.45) is 11.5 Å². The summed E-state index contributed by atoms with van der Waals surface area (Å²) in [5.74, 6) is 0.114. The number of rotatable bonds is 3. The van der Waals surface area contributed by atoms with Crippen LogP contribution in [0.5, 0.6) is 0 Å². The number of fused-ring (bicyclic) bond motifs is 1. The minimum atomic E-state index is 0. The maximum Gasteiger partial charge on any atom is 0.122 e. The Morgan fingerprint density at radius 2 is 1.41 bits per heavy atom. The Hall–Kier alpha value is -2.79.